The number of rotatable bonds is 7. The quantitative estimate of drug-likeness (QED) is 0.413. The molecule has 1 aromatic carbocycles. The van der Waals surface area contributed by atoms with Gasteiger partial charge in [-0.1, -0.05) is 12.1 Å². The van der Waals surface area contributed by atoms with Crippen LogP contribution in [0.4, 0.5) is 15.5 Å². The van der Waals surface area contributed by atoms with Crippen molar-refractivity contribution in [1.29, 1.82) is 0 Å². The molecule has 0 saturated carbocycles. The summed E-state index contributed by atoms with van der Waals surface area (Å²) in [7, 11) is -1.54. The van der Waals surface area contributed by atoms with Crippen LogP contribution < -0.4 is 15.1 Å². The molecule has 10 nitrogen and oxygen atoms in total. The van der Waals surface area contributed by atoms with Crippen molar-refractivity contribution in [2.45, 2.75) is 56.7 Å². The molecular weight excluding hydrogens is 495 g/mol. The van der Waals surface area contributed by atoms with E-state index < -0.39 is 31.6 Å². The van der Waals surface area contributed by atoms with Crippen LogP contribution in [0.5, 0.6) is 0 Å². The van der Waals surface area contributed by atoms with Crippen LogP contribution in [0, 0.1) is 5.92 Å². The highest BCUT2D eigenvalue weighted by atomic mass is 28.4. The number of nitrogens with one attached hydrogen (secondary N) is 1. The highest BCUT2D eigenvalue weighted by Gasteiger charge is 2.66. The van der Waals surface area contributed by atoms with E-state index in [4.69, 9.17) is 9.84 Å². The monoisotopic (exact) mass is 530 g/mol. The fraction of sp³-hybridized carbons (Fsp3) is 0.600. The van der Waals surface area contributed by atoms with Crippen LogP contribution in [0.1, 0.15) is 24.6 Å². The van der Waals surface area contributed by atoms with E-state index in [1.807, 2.05) is 25.1 Å². The SMILES string of the molecule is C[C@H]1[C@H]([Si](C)(C)F)[C@@H](CCn2cc(CCO)nn2)O[C@]12C(=O)N(C)c1ccc(N3CCNCC3=O)cc12. The van der Waals surface area contributed by atoms with E-state index in [2.05, 4.69) is 15.6 Å². The molecule has 37 heavy (non-hydrogen) atoms. The van der Waals surface area contributed by atoms with Crippen molar-refractivity contribution in [2.75, 3.05) is 43.1 Å². The van der Waals surface area contributed by atoms with E-state index >= 15 is 4.11 Å². The molecule has 2 saturated heterocycles. The molecule has 2 amide bonds. The minimum absolute atomic E-state index is 0.00918. The number of benzene rings is 1. The van der Waals surface area contributed by atoms with E-state index in [1.54, 1.807) is 40.8 Å². The Morgan fingerprint density at radius 2 is 2.11 bits per heavy atom. The number of aryl methyl sites for hydroxylation is 1. The number of piperazine rings is 1. The van der Waals surface area contributed by atoms with Gasteiger partial charge in [0.05, 0.1) is 24.0 Å². The third-order valence-electron chi connectivity index (χ3n) is 8.07. The van der Waals surface area contributed by atoms with Gasteiger partial charge in [0.1, 0.15) is 0 Å². The molecule has 3 aliphatic rings. The van der Waals surface area contributed by atoms with Crippen molar-refractivity contribution in [3.63, 3.8) is 0 Å². The van der Waals surface area contributed by atoms with E-state index in [0.717, 1.165) is 11.4 Å². The fourth-order valence-electron chi connectivity index (χ4n) is 6.39. The Bertz CT molecular complexity index is 1200. The maximum absolute atomic E-state index is 15.9. The third-order valence-corrected chi connectivity index (χ3v) is 10.5. The number of hydrogen-bond donors (Lipinski definition) is 2. The van der Waals surface area contributed by atoms with E-state index in [-0.39, 0.29) is 25.0 Å². The molecule has 200 valence electrons. The van der Waals surface area contributed by atoms with Crippen molar-refractivity contribution in [3.8, 4) is 0 Å². The number of hydrogen-bond acceptors (Lipinski definition) is 7. The van der Waals surface area contributed by atoms with E-state index in [1.165, 1.54) is 0 Å². The average molecular weight is 531 g/mol. The highest BCUT2D eigenvalue weighted by molar-refractivity contribution is 6.72. The lowest BCUT2D eigenvalue weighted by Crippen LogP contribution is -2.48. The molecule has 4 heterocycles. The maximum Gasteiger partial charge on any atom is 0.264 e. The number of nitrogens with zero attached hydrogens (tertiary/aromatic N) is 5. The largest absolute Gasteiger partial charge is 0.396 e. The first kappa shape index (κ1) is 26.0. The van der Waals surface area contributed by atoms with Gasteiger partial charge < -0.3 is 29.1 Å². The average Bonchev–Trinajstić information content (AvgIpc) is 3.49. The standard InChI is InChI=1S/C25H35FN6O4Si/c1-16-23(37(3,4)26)21(7-10-31-15-17(8-12-33)28-29-31)36-25(16)19-13-18(32-11-9-27-14-22(32)34)5-6-20(19)30(2)24(25)35/h5-6,13,15-16,21,23,27,33H,7-12,14H2,1-4H3/t16-,21+,23-,25+/m0/s1. The molecule has 3 aliphatic heterocycles. The number of halogens is 1. The summed E-state index contributed by atoms with van der Waals surface area (Å²) in [6.07, 6.45) is 2.18. The van der Waals surface area contributed by atoms with Gasteiger partial charge in [0.2, 0.25) is 14.3 Å². The number of carbonyl (C=O) groups excluding carboxylic acids is 2. The number of fused-ring (bicyclic) bond motifs is 2. The molecule has 2 fully saturated rings. The second kappa shape index (κ2) is 9.57. The number of likely N-dealkylation sites (N-methyl/N-ethyl adjacent to an activating group) is 1. The molecule has 0 bridgehead atoms. The molecule has 0 radical (unpaired) electrons. The molecule has 0 unspecified atom stereocenters. The zero-order chi connectivity index (χ0) is 26.5. The molecule has 1 aromatic heterocycles. The van der Waals surface area contributed by atoms with Crippen molar-refractivity contribution >= 4 is 31.6 Å². The van der Waals surface area contributed by atoms with Crippen molar-refractivity contribution < 1.29 is 23.5 Å². The Balaban J connectivity index is 1.50. The highest BCUT2D eigenvalue weighted by Crippen LogP contribution is 2.60. The Kier molecular flexibility index (Phi) is 6.71. The summed E-state index contributed by atoms with van der Waals surface area (Å²) in [6, 6.07) is 5.62. The molecule has 5 rings (SSSR count). The molecule has 1 spiro atoms. The number of aliphatic hydroxyl groups is 1. The predicted molar refractivity (Wildman–Crippen MR) is 139 cm³/mol. The Labute approximate surface area is 216 Å². The molecule has 4 atom stereocenters. The zero-order valence-corrected chi connectivity index (χ0v) is 22.8. The topological polar surface area (TPSA) is 113 Å². The number of carbonyl (C=O) groups is 2. The molecule has 2 N–H and O–H groups in total. The molecule has 2 aromatic rings. The summed E-state index contributed by atoms with van der Waals surface area (Å²) in [5.74, 6) is -0.620. The van der Waals surface area contributed by atoms with Crippen LogP contribution in [0.25, 0.3) is 0 Å². The first-order chi connectivity index (χ1) is 17.6. The summed E-state index contributed by atoms with van der Waals surface area (Å²) in [5.41, 5.74) is 1.11. The predicted octanol–water partition coefficient (Wildman–Crippen LogP) is 1.59. The van der Waals surface area contributed by atoms with Crippen molar-refractivity contribution in [3.05, 3.63) is 35.7 Å². The number of aromatic nitrogens is 3. The van der Waals surface area contributed by atoms with Gasteiger partial charge in [-0.3, -0.25) is 14.3 Å². The Morgan fingerprint density at radius 3 is 2.81 bits per heavy atom. The van der Waals surface area contributed by atoms with Crippen LogP contribution >= 0.6 is 0 Å². The van der Waals surface area contributed by atoms with Gasteiger partial charge in [-0.25, -0.2) is 0 Å². The Hall–Kier alpha value is -2.67. The number of anilines is 2. The van der Waals surface area contributed by atoms with Crippen LogP contribution in [0.2, 0.25) is 18.6 Å². The maximum atomic E-state index is 15.9. The number of aliphatic hydroxyl groups excluding tert-OH is 1. The van der Waals surface area contributed by atoms with Gasteiger partial charge in [0, 0.05) is 68.6 Å². The first-order valence-electron chi connectivity index (χ1n) is 12.9. The third kappa shape index (κ3) is 4.29. The number of amides is 2. The normalized spacial score (nSPS) is 28.0. The Morgan fingerprint density at radius 1 is 1.32 bits per heavy atom. The van der Waals surface area contributed by atoms with Crippen LogP contribution in [-0.2, 0) is 32.9 Å². The second-order valence-electron chi connectivity index (χ2n) is 10.8. The van der Waals surface area contributed by atoms with Crippen LogP contribution in [0.15, 0.2) is 24.4 Å². The van der Waals surface area contributed by atoms with Crippen molar-refractivity contribution in [1.82, 2.24) is 20.3 Å². The van der Waals surface area contributed by atoms with Gasteiger partial charge >= 0.3 is 0 Å². The lowest BCUT2D eigenvalue weighted by Gasteiger charge is -2.32. The summed E-state index contributed by atoms with van der Waals surface area (Å²) < 4.78 is 24.3. The lowest BCUT2D eigenvalue weighted by atomic mass is 9.82. The van der Waals surface area contributed by atoms with E-state index in [9.17, 15) is 9.59 Å². The summed E-state index contributed by atoms with van der Waals surface area (Å²) in [4.78, 5) is 29.8. The minimum atomic E-state index is -3.27. The van der Waals surface area contributed by atoms with Gasteiger partial charge in [-0.15, -0.1) is 5.10 Å². The van der Waals surface area contributed by atoms with Gasteiger partial charge in [0.15, 0.2) is 5.60 Å². The second-order valence-corrected chi connectivity index (χ2v) is 14.6. The van der Waals surface area contributed by atoms with Gasteiger partial charge in [-0.05, 0) is 37.7 Å². The summed E-state index contributed by atoms with van der Waals surface area (Å²) >= 11 is 0. The molecule has 0 aliphatic carbocycles. The lowest BCUT2D eigenvalue weighted by molar-refractivity contribution is -0.145. The van der Waals surface area contributed by atoms with Gasteiger partial charge in [0.25, 0.3) is 5.91 Å². The smallest absolute Gasteiger partial charge is 0.264 e. The van der Waals surface area contributed by atoms with E-state index in [0.29, 0.717) is 43.7 Å². The fourth-order valence-corrected chi connectivity index (χ4v) is 8.94. The minimum Gasteiger partial charge on any atom is -0.396 e. The molecule has 12 heteroatoms. The number of ether oxygens (including phenoxy) is 1. The first-order valence-corrected chi connectivity index (χ1v) is 15.8. The summed E-state index contributed by atoms with van der Waals surface area (Å²) in [5, 5.41) is 20.4. The zero-order valence-electron chi connectivity index (χ0n) is 21.8. The molecular formula is C25H35FN6O4Si. The van der Waals surface area contributed by atoms with Crippen LogP contribution in [0.3, 0.4) is 0 Å². The summed E-state index contributed by atoms with van der Waals surface area (Å²) in [6.45, 7) is 7.23. The van der Waals surface area contributed by atoms with Crippen molar-refractivity contribution in [2.24, 2.45) is 5.92 Å². The van der Waals surface area contributed by atoms with Gasteiger partial charge in [-0.2, -0.15) is 0 Å². The van der Waals surface area contributed by atoms with Crippen LogP contribution in [-0.4, -0.2) is 79.7 Å².